The molecule has 0 heterocycles. The number of nitrogens with one attached hydrogen (secondary N) is 1. The lowest BCUT2D eigenvalue weighted by Crippen LogP contribution is -2.48. The highest BCUT2D eigenvalue weighted by molar-refractivity contribution is 7.99. The molecule has 2 aromatic rings. The average Bonchev–Trinajstić information content (AvgIpc) is 2.71. The summed E-state index contributed by atoms with van der Waals surface area (Å²) in [5.41, 5.74) is 3.34. The van der Waals surface area contributed by atoms with Crippen LogP contribution < -0.4 is 5.32 Å². The van der Waals surface area contributed by atoms with Crippen molar-refractivity contribution in [1.29, 1.82) is 0 Å². The van der Waals surface area contributed by atoms with Crippen molar-refractivity contribution in [2.45, 2.75) is 46.0 Å². The molecule has 6 heteroatoms. The predicted molar refractivity (Wildman–Crippen MR) is 127 cm³/mol. The van der Waals surface area contributed by atoms with Gasteiger partial charge in [0.25, 0.3) is 0 Å². The summed E-state index contributed by atoms with van der Waals surface area (Å²) >= 11 is 7.68. The van der Waals surface area contributed by atoms with Crippen LogP contribution in [0.5, 0.6) is 0 Å². The number of hydrogen-bond donors (Lipinski definition) is 1. The van der Waals surface area contributed by atoms with E-state index in [1.807, 2.05) is 44.2 Å². The monoisotopic (exact) mass is 446 g/mol. The van der Waals surface area contributed by atoms with Crippen LogP contribution in [0, 0.1) is 12.8 Å². The van der Waals surface area contributed by atoms with E-state index >= 15 is 0 Å². The zero-order valence-electron chi connectivity index (χ0n) is 18.2. The van der Waals surface area contributed by atoms with E-state index in [1.165, 1.54) is 11.1 Å². The second-order valence-corrected chi connectivity index (χ2v) is 9.31. The topological polar surface area (TPSA) is 49.4 Å². The largest absolute Gasteiger partial charge is 0.354 e. The van der Waals surface area contributed by atoms with Gasteiger partial charge in [0.15, 0.2) is 0 Å². The van der Waals surface area contributed by atoms with Gasteiger partial charge in [-0.1, -0.05) is 61.8 Å². The number of carbonyl (C=O) groups excluding carboxylic acids is 2. The van der Waals surface area contributed by atoms with Crippen molar-refractivity contribution in [2.75, 3.05) is 12.3 Å². The average molecular weight is 447 g/mol. The maximum atomic E-state index is 13.1. The minimum absolute atomic E-state index is 0.0549. The molecular weight excluding hydrogens is 416 g/mol. The predicted octanol–water partition coefficient (Wildman–Crippen LogP) is 5.07. The molecule has 0 saturated heterocycles. The second-order valence-electron chi connectivity index (χ2n) is 7.89. The standard InChI is InChI=1S/C24H31ClN2O2S/c1-17(2)13-26-24(29)19(4)27(14-20-9-7-11-22(25)12-20)23(28)16-30-15-21-10-6-5-8-18(21)3/h5-12,17,19H,13-16H2,1-4H3,(H,26,29). The maximum absolute atomic E-state index is 13.1. The Morgan fingerprint density at radius 1 is 1.10 bits per heavy atom. The van der Waals surface area contributed by atoms with Gasteiger partial charge >= 0.3 is 0 Å². The van der Waals surface area contributed by atoms with Gasteiger partial charge in [0.2, 0.25) is 11.8 Å². The molecule has 30 heavy (non-hydrogen) atoms. The molecule has 0 saturated carbocycles. The Balaban J connectivity index is 2.07. The Kier molecular flexibility index (Phi) is 9.73. The quantitative estimate of drug-likeness (QED) is 0.554. The Bertz CT molecular complexity index is 857. The lowest BCUT2D eigenvalue weighted by atomic mass is 10.1. The van der Waals surface area contributed by atoms with Gasteiger partial charge in [0, 0.05) is 23.9 Å². The molecule has 0 aliphatic rings. The molecule has 1 unspecified atom stereocenters. The van der Waals surface area contributed by atoms with E-state index in [9.17, 15) is 9.59 Å². The van der Waals surface area contributed by atoms with Crippen LogP contribution in [0.2, 0.25) is 5.02 Å². The van der Waals surface area contributed by atoms with Crippen LogP contribution in [-0.2, 0) is 21.9 Å². The fourth-order valence-corrected chi connectivity index (χ4v) is 4.17. The van der Waals surface area contributed by atoms with Crippen LogP contribution in [0.4, 0.5) is 0 Å². The Morgan fingerprint density at radius 3 is 2.50 bits per heavy atom. The first-order chi connectivity index (χ1) is 14.3. The van der Waals surface area contributed by atoms with Crippen LogP contribution in [0.3, 0.4) is 0 Å². The third kappa shape index (κ3) is 7.69. The number of thioether (sulfide) groups is 1. The molecule has 0 aromatic heterocycles. The van der Waals surface area contributed by atoms with Crippen molar-refractivity contribution >= 4 is 35.2 Å². The van der Waals surface area contributed by atoms with Crippen LogP contribution in [0.1, 0.15) is 37.5 Å². The number of rotatable bonds is 10. The van der Waals surface area contributed by atoms with Gasteiger partial charge in [0.05, 0.1) is 5.75 Å². The number of nitrogens with zero attached hydrogens (tertiary/aromatic N) is 1. The zero-order valence-corrected chi connectivity index (χ0v) is 19.7. The second kappa shape index (κ2) is 12.0. The summed E-state index contributed by atoms with van der Waals surface area (Å²) in [7, 11) is 0. The van der Waals surface area contributed by atoms with E-state index in [-0.39, 0.29) is 11.8 Å². The van der Waals surface area contributed by atoms with Gasteiger partial charge in [-0.05, 0) is 48.6 Å². The molecule has 0 radical (unpaired) electrons. The van der Waals surface area contributed by atoms with Crippen molar-refractivity contribution in [2.24, 2.45) is 5.92 Å². The maximum Gasteiger partial charge on any atom is 0.242 e. The van der Waals surface area contributed by atoms with Gasteiger partial charge in [0.1, 0.15) is 6.04 Å². The van der Waals surface area contributed by atoms with Gasteiger partial charge in [-0.2, -0.15) is 0 Å². The molecule has 0 aliphatic heterocycles. The first-order valence-corrected chi connectivity index (χ1v) is 11.7. The highest BCUT2D eigenvalue weighted by Gasteiger charge is 2.26. The smallest absolute Gasteiger partial charge is 0.242 e. The Hall–Kier alpha value is -1.98. The summed E-state index contributed by atoms with van der Waals surface area (Å²) in [6.45, 7) is 8.88. The van der Waals surface area contributed by atoms with Crippen molar-refractivity contribution in [3.8, 4) is 0 Å². The normalized spacial score (nSPS) is 11.9. The molecule has 0 bridgehead atoms. The highest BCUT2D eigenvalue weighted by atomic mass is 35.5. The van der Waals surface area contributed by atoms with E-state index in [0.717, 1.165) is 11.3 Å². The summed E-state index contributed by atoms with van der Waals surface area (Å²) in [4.78, 5) is 27.4. The molecule has 162 valence electrons. The number of amides is 2. The molecule has 2 rings (SSSR count). The Morgan fingerprint density at radius 2 is 1.83 bits per heavy atom. The zero-order chi connectivity index (χ0) is 22.1. The number of halogens is 1. The van der Waals surface area contributed by atoms with E-state index in [1.54, 1.807) is 29.7 Å². The molecule has 1 N–H and O–H groups in total. The minimum Gasteiger partial charge on any atom is -0.354 e. The number of aryl methyl sites for hydroxylation is 1. The molecule has 0 aliphatic carbocycles. The summed E-state index contributed by atoms with van der Waals surface area (Å²) in [6.07, 6.45) is 0. The number of benzene rings is 2. The molecule has 2 aromatic carbocycles. The first kappa shape index (κ1) is 24.3. The van der Waals surface area contributed by atoms with E-state index < -0.39 is 6.04 Å². The van der Waals surface area contributed by atoms with Crippen molar-refractivity contribution in [3.63, 3.8) is 0 Å². The molecular formula is C24H31ClN2O2S. The fourth-order valence-electron chi connectivity index (χ4n) is 2.97. The van der Waals surface area contributed by atoms with Gasteiger partial charge in [-0.15, -0.1) is 11.8 Å². The molecule has 2 amide bonds. The van der Waals surface area contributed by atoms with Gasteiger partial charge in [-0.3, -0.25) is 9.59 Å². The van der Waals surface area contributed by atoms with E-state index in [4.69, 9.17) is 11.6 Å². The minimum atomic E-state index is -0.561. The number of hydrogen-bond acceptors (Lipinski definition) is 3. The molecule has 0 fully saturated rings. The molecule has 0 spiro atoms. The molecule has 1 atom stereocenters. The van der Waals surface area contributed by atoms with Crippen LogP contribution in [0.25, 0.3) is 0 Å². The van der Waals surface area contributed by atoms with Crippen LogP contribution in [0.15, 0.2) is 48.5 Å². The fraction of sp³-hybridized carbons (Fsp3) is 0.417. The lowest BCUT2D eigenvalue weighted by Gasteiger charge is -2.29. The first-order valence-electron chi connectivity index (χ1n) is 10.2. The van der Waals surface area contributed by atoms with Crippen LogP contribution >= 0.6 is 23.4 Å². The highest BCUT2D eigenvalue weighted by Crippen LogP contribution is 2.19. The molecule has 4 nitrogen and oxygen atoms in total. The summed E-state index contributed by atoms with van der Waals surface area (Å²) in [5, 5.41) is 3.55. The summed E-state index contributed by atoms with van der Waals surface area (Å²) in [6, 6.07) is 15.0. The lowest BCUT2D eigenvalue weighted by molar-refractivity contribution is -0.138. The van der Waals surface area contributed by atoms with E-state index in [2.05, 4.69) is 24.4 Å². The van der Waals surface area contributed by atoms with Gasteiger partial charge in [-0.25, -0.2) is 0 Å². The van der Waals surface area contributed by atoms with Crippen molar-refractivity contribution < 1.29 is 9.59 Å². The SMILES string of the molecule is Cc1ccccc1CSCC(=O)N(Cc1cccc(Cl)c1)C(C)C(=O)NCC(C)C. The van der Waals surface area contributed by atoms with Gasteiger partial charge < -0.3 is 10.2 Å². The number of carbonyl (C=O) groups is 2. The van der Waals surface area contributed by atoms with E-state index in [0.29, 0.717) is 29.8 Å². The third-order valence-corrected chi connectivity index (χ3v) is 6.04. The summed E-state index contributed by atoms with van der Waals surface area (Å²) in [5.74, 6) is 1.24. The Labute approximate surface area is 189 Å². The third-order valence-electron chi connectivity index (χ3n) is 4.84. The van der Waals surface area contributed by atoms with Crippen molar-refractivity contribution in [1.82, 2.24) is 10.2 Å². The van der Waals surface area contributed by atoms with Crippen LogP contribution in [-0.4, -0.2) is 35.1 Å². The van der Waals surface area contributed by atoms with Crippen molar-refractivity contribution in [3.05, 3.63) is 70.2 Å². The summed E-state index contributed by atoms with van der Waals surface area (Å²) < 4.78 is 0.